The number of aryl methyl sites for hydroxylation is 1. The maximum absolute atomic E-state index is 11.5. The number of rotatable bonds is 3. The van der Waals surface area contributed by atoms with Crippen molar-refractivity contribution in [3.63, 3.8) is 0 Å². The molecule has 1 N–H and O–H groups in total. The third-order valence-electron chi connectivity index (χ3n) is 3.40. The lowest BCUT2D eigenvalue weighted by Gasteiger charge is -2.28. The highest BCUT2D eigenvalue weighted by Crippen LogP contribution is 2.32. The summed E-state index contributed by atoms with van der Waals surface area (Å²) in [5.41, 5.74) is 2.03. The van der Waals surface area contributed by atoms with Gasteiger partial charge in [-0.25, -0.2) is 0 Å². The van der Waals surface area contributed by atoms with Crippen LogP contribution in [0.1, 0.15) is 29.9 Å². The second kappa shape index (κ2) is 5.32. The lowest BCUT2D eigenvalue weighted by Crippen LogP contribution is -2.27. The van der Waals surface area contributed by atoms with Crippen LogP contribution in [0.2, 0.25) is 0 Å². The topological polar surface area (TPSA) is 46.5 Å². The number of hydrogen-bond acceptors (Lipinski definition) is 2. The Balaban J connectivity index is 2.25. The molecule has 3 heteroatoms. The molecule has 1 aromatic carbocycles. The van der Waals surface area contributed by atoms with Crippen molar-refractivity contribution in [2.75, 3.05) is 13.2 Å². The first-order valence-electron chi connectivity index (χ1n) is 6.05. The van der Waals surface area contributed by atoms with Gasteiger partial charge < -0.3 is 9.84 Å². The predicted molar refractivity (Wildman–Crippen MR) is 65.1 cm³/mol. The molecule has 1 aliphatic rings. The molecule has 1 heterocycles. The number of aliphatic carboxylic acids is 1. The van der Waals surface area contributed by atoms with Crippen molar-refractivity contribution in [1.82, 2.24) is 0 Å². The van der Waals surface area contributed by atoms with E-state index in [9.17, 15) is 9.90 Å². The maximum atomic E-state index is 11.5. The van der Waals surface area contributed by atoms with Crippen molar-refractivity contribution in [1.29, 1.82) is 0 Å². The molecule has 2 rings (SSSR count). The van der Waals surface area contributed by atoms with Gasteiger partial charge in [-0.1, -0.05) is 29.8 Å². The van der Waals surface area contributed by atoms with Crippen LogP contribution < -0.4 is 0 Å². The Labute approximate surface area is 101 Å². The van der Waals surface area contributed by atoms with E-state index >= 15 is 0 Å². The Morgan fingerprint density at radius 2 is 2.12 bits per heavy atom. The number of carboxylic acid groups (broad SMARTS) is 1. The fourth-order valence-corrected chi connectivity index (χ4v) is 2.53. The zero-order chi connectivity index (χ0) is 12.3. The quantitative estimate of drug-likeness (QED) is 0.874. The van der Waals surface area contributed by atoms with E-state index in [4.69, 9.17) is 4.74 Å². The van der Waals surface area contributed by atoms with Crippen LogP contribution in [0.25, 0.3) is 0 Å². The average molecular weight is 234 g/mol. The molecule has 17 heavy (non-hydrogen) atoms. The molecule has 0 aliphatic carbocycles. The molecule has 0 spiro atoms. The average Bonchev–Trinajstić information content (AvgIpc) is 2.30. The van der Waals surface area contributed by atoms with Gasteiger partial charge in [-0.2, -0.15) is 0 Å². The molecule has 1 aliphatic heterocycles. The third kappa shape index (κ3) is 2.86. The minimum Gasteiger partial charge on any atom is -0.481 e. The Morgan fingerprint density at radius 1 is 1.41 bits per heavy atom. The van der Waals surface area contributed by atoms with Gasteiger partial charge in [0, 0.05) is 13.2 Å². The minimum absolute atomic E-state index is 0.197. The molecule has 0 saturated carbocycles. The van der Waals surface area contributed by atoms with Gasteiger partial charge >= 0.3 is 5.97 Å². The highest BCUT2D eigenvalue weighted by Gasteiger charge is 2.30. The van der Waals surface area contributed by atoms with E-state index in [1.807, 2.05) is 31.2 Å². The first kappa shape index (κ1) is 12.1. The summed E-state index contributed by atoms with van der Waals surface area (Å²) in [6, 6.07) is 7.82. The molecule has 1 aromatic rings. The summed E-state index contributed by atoms with van der Waals surface area (Å²) in [6.45, 7) is 3.35. The monoisotopic (exact) mass is 234 g/mol. The molecule has 1 saturated heterocycles. The van der Waals surface area contributed by atoms with Crippen molar-refractivity contribution < 1.29 is 14.6 Å². The summed E-state index contributed by atoms with van der Waals surface area (Å²) in [5, 5.41) is 9.43. The van der Waals surface area contributed by atoms with Crippen LogP contribution in [0.4, 0.5) is 0 Å². The summed E-state index contributed by atoms with van der Waals surface area (Å²) >= 11 is 0. The zero-order valence-electron chi connectivity index (χ0n) is 10.1. The molecule has 0 bridgehead atoms. The number of hydrogen-bond donors (Lipinski definition) is 1. The van der Waals surface area contributed by atoms with E-state index < -0.39 is 11.9 Å². The number of benzene rings is 1. The van der Waals surface area contributed by atoms with Gasteiger partial charge in [0.2, 0.25) is 0 Å². The Hall–Kier alpha value is -1.35. The van der Waals surface area contributed by atoms with Gasteiger partial charge in [-0.05, 0) is 31.2 Å². The maximum Gasteiger partial charge on any atom is 0.311 e. The summed E-state index contributed by atoms with van der Waals surface area (Å²) in [5.74, 6) is -0.913. The summed E-state index contributed by atoms with van der Waals surface area (Å²) in [4.78, 5) is 11.5. The van der Waals surface area contributed by atoms with Crippen LogP contribution in [0.15, 0.2) is 24.3 Å². The van der Waals surface area contributed by atoms with Crippen molar-refractivity contribution in [3.8, 4) is 0 Å². The van der Waals surface area contributed by atoms with Gasteiger partial charge in [0.15, 0.2) is 0 Å². The van der Waals surface area contributed by atoms with E-state index in [0.29, 0.717) is 13.2 Å². The highest BCUT2D eigenvalue weighted by molar-refractivity contribution is 5.76. The van der Waals surface area contributed by atoms with Crippen LogP contribution in [-0.2, 0) is 9.53 Å². The van der Waals surface area contributed by atoms with E-state index in [1.165, 1.54) is 0 Å². The molecule has 0 radical (unpaired) electrons. The lowest BCUT2D eigenvalue weighted by molar-refractivity contribution is -0.141. The first-order valence-corrected chi connectivity index (χ1v) is 6.05. The van der Waals surface area contributed by atoms with Crippen molar-refractivity contribution in [3.05, 3.63) is 35.4 Å². The van der Waals surface area contributed by atoms with Crippen molar-refractivity contribution in [2.24, 2.45) is 5.92 Å². The molecule has 0 aromatic heterocycles. The SMILES string of the molecule is Cc1cccc(C(C(=O)O)C2CCOCC2)c1. The van der Waals surface area contributed by atoms with Crippen molar-refractivity contribution >= 4 is 5.97 Å². The first-order chi connectivity index (χ1) is 8.18. The van der Waals surface area contributed by atoms with Crippen molar-refractivity contribution in [2.45, 2.75) is 25.7 Å². The van der Waals surface area contributed by atoms with Crippen LogP contribution in [0, 0.1) is 12.8 Å². The zero-order valence-corrected chi connectivity index (χ0v) is 10.1. The highest BCUT2D eigenvalue weighted by atomic mass is 16.5. The number of carbonyl (C=O) groups is 1. The van der Waals surface area contributed by atoms with Crippen LogP contribution in [0.3, 0.4) is 0 Å². The minimum atomic E-state index is -0.720. The standard InChI is InChI=1S/C14H18O3/c1-10-3-2-4-12(9-10)13(14(15)16)11-5-7-17-8-6-11/h2-4,9,11,13H,5-8H2,1H3,(H,15,16). The molecule has 0 amide bonds. The van der Waals surface area contributed by atoms with Gasteiger partial charge in [0.1, 0.15) is 0 Å². The van der Waals surface area contributed by atoms with Gasteiger partial charge in [-0.3, -0.25) is 4.79 Å². The Bertz CT molecular complexity index is 394. The molecular formula is C14H18O3. The molecular weight excluding hydrogens is 216 g/mol. The van der Waals surface area contributed by atoms with E-state index in [1.54, 1.807) is 0 Å². The van der Waals surface area contributed by atoms with E-state index in [-0.39, 0.29) is 5.92 Å². The van der Waals surface area contributed by atoms with Gasteiger partial charge in [-0.15, -0.1) is 0 Å². The summed E-state index contributed by atoms with van der Waals surface area (Å²) in [6.07, 6.45) is 1.68. The fourth-order valence-electron chi connectivity index (χ4n) is 2.53. The number of carboxylic acids is 1. The van der Waals surface area contributed by atoms with Gasteiger partial charge in [0.05, 0.1) is 5.92 Å². The molecule has 92 valence electrons. The lowest BCUT2D eigenvalue weighted by atomic mass is 9.81. The Kier molecular flexibility index (Phi) is 3.79. The molecule has 3 nitrogen and oxygen atoms in total. The summed E-state index contributed by atoms with van der Waals surface area (Å²) in [7, 11) is 0. The number of ether oxygens (including phenoxy) is 1. The molecule has 1 unspecified atom stereocenters. The Morgan fingerprint density at radius 3 is 2.71 bits per heavy atom. The smallest absolute Gasteiger partial charge is 0.311 e. The van der Waals surface area contributed by atoms with Gasteiger partial charge in [0.25, 0.3) is 0 Å². The fraction of sp³-hybridized carbons (Fsp3) is 0.500. The predicted octanol–water partition coefficient (Wildman–Crippen LogP) is 2.59. The van der Waals surface area contributed by atoms with Crippen LogP contribution in [-0.4, -0.2) is 24.3 Å². The third-order valence-corrected chi connectivity index (χ3v) is 3.40. The van der Waals surface area contributed by atoms with E-state index in [0.717, 1.165) is 24.0 Å². The molecule has 1 atom stereocenters. The van der Waals surface area contributed by atoms with Crippen LogP contribution >= 0.6 is 0 Å². The second-order valence-electron chi connectivity index (χ2n) is 4.68. The van der Waals surface area contributed by atoms with E-state index in [2.05, 4.69) is 0 Å². The molecule has 1 fully saturated rings. The summed E-state index contributed by atoms with van der Waals surface area (Å²) < 4.78 is 5.30. The largest absolute Gasteiger partial charge is 0.481 e. The van der Waals surface area contributed by atoms with Crippen LogP contribution in [0.5, 0.6) is 0 Å². The second-order valence-corrected chi connectivity index (χ2v) is 4.68. The normalized spacial score (nSPS) is 18.9.